The van der Waals surface area contributed by atoms with Crippen molar-refractivity contribution in [2.45, 2.75) is 19.1 Å². The van der Waals surface area contributed by atoms with Gasteiger partial charge in [0.15, 0.2) is 17.5 Å². The Morgan fingerprint density at radius 2 is 2.12 bits per heavy atom. The van der Waals surface area contributed by atoms with Gasteiger partial charge in [0.05, 0.1) is 31.5 Å². The molecule has 166 valence electrons. The molecule has 3 N–H and O–H groups in total. The van der Waals surface area contributed by atoms with E-state index in [0.717, 1.165) is 35.2 Å². The second-order valence-corrected chi connectivity index (χ2v) is 7.89. The molecule has 1 saturated heterocycles. The summed E-state index contributed by atoms with van der Waals surface area (Å²) in [5.41, 5.74) is 9.12. The number of anilines is 4. The highest BCUT2D eigenvalue weighted by Gasteiger charge is 2.23. The molecule has 1 fully saturated rings. The highest BCUT2D eigenvalue weighted by Crippen LogP contribution is 2.29. The number of nitrogens with one attached hydrogen (secondary N) is 3. The van der Waals surface area contributed by atoms with Crippen LogP contribution in [0.2, 0.25) is 0 Å². The van der Waals surface area contributed by atoms with Crippen LogP contribution < -0.4 is 26.0 Å². The summed E-state index contributed by atoms with van der Waals surface area (Å²) < 4.78 is 11.3. The van der Waals surface area contributed by atoms with Crippen molar-refractivity contribution in [3.63, 3.8) is 0 Å². The van der Waals surface area contributed by atoms with Crippen molar-refractivity contribution in [3.8, 4) is 5.88 Å². The third-order valence-electron chi connectivity index (χ3n) is 5.51. The summed E-state index contributed by atoms with van der Waals surface area (Å²) in [6.07, 6.45) is 6.11. The van der Waals surface area contributed by atoms with Gasteiger partial charge in [0, 0.05) is 36.0 Å². The number of hydrogen-bond donors (Lipinski definition) is 3. The van der Waals surface area contributed by atoms with Gasteiger partial charge in [-0.3, -0.25) is 15.4 Å². The molecule has 33 heavy (non-hydrogen) atoms. The van der Waals surface area contributed by atoms with E-state index in [1.165, 1.54) is 0 Å². The highest BCUT2D eigenvalue weighted by molar-refractivity contribution is 5.79. The van der Waals surface area contributed by atoms with Gasteiger partial charge in [-0.2, -0.15) is 0 Å². The molecule has 1 aromatic carbocycles. The van der Waals surface area contributed by atoms with Gasteiger partial charge in [-0.15, -0.1) is 5.53 Å². The van der Waals surface area contributed by atoms with E-state index in [0.29, 0.717) is 36.5 Å². The Morgan fingerprint density at radius 3 is 3.06 bits per heavy atom. The summed E-state index contributed by atoms with van der Waals surface area (Å²) in [7, 11) is 0. The van der Waals surface area contributed by atoms with E-state index in [2.05, 4.69) is 49.4 Å². The van der Waals surface area contributed by atoms with Crippen molar-refractivity contribution in [3.05, 3.63) is 66.6 Å². The molecule has 0 spiro atoms. The van der Waals surface area contributed by atoms with E-state index in [1.54, 1.807) is 18.6 Å². The highest BCUT2D eigenvalue weighted by atomic mass is 16.5. The van der Waals surface area contributed by atoms with E-state index in [4.69, 9.17) is 14.5 Å². The van der Waals surface area contributed by atoms with Gasteiger partial charge in [-0.1, -0.05) is 12.1 Å². The molecule has 0 bridgehead atoms. The summed E-state index contributed by atoms with van der Waals surface area (Å²) in [4.78, 5) is 17.9. The molecule has 3 aromatic heterocycles. The van der Waals surface area contributed by atoms with Crippen LogP contribution >= 0.6 is 0 Å². The third-order valence-corrected chi connectivity index (χ3v) is 5.51. The normalized spacial score (nSPS) is 17.1. The summed E-state index contributed by atoms with van der Waals surface area (Å²) in [5.74, 6) is 2.55. The van der Waals surface area contributed by atoms with Crippen LogP contribution in [0.25, 0.3) is 10.9 Å². The van der Waals surface area contributed by atoms with E-state index in [9.17, 15) is 0 Å². The SMILES string of the molecule is c1cnc2ccc(CN3NNc4ncc(Nc5ccnc(O[C@@H]6CCOC6)c5)nc43)cc2c1. The first-order valence-electron chi connectivity index (χ1n) is 10.8. The topological polar surface area (TPSA) is 109 Å². The first kappa shape index (κ1) is 19.6. The Bertz CT molecular complexity index is 1290. The van der Waals surface area contributed by atoms with E-state index >= 15 is 0 Å². The van der Waals surface area contributed by atoms with Gasteiger partial charge in [-0.25, -0.2) is 15.0 Å². The molecule has 10 heteroatoms. The summed E-state index contributed by atoms with van der Waals surface area (Å²) in [6, 6.07) is 13.9. The standard InChI is InChI=1S/C23H22N8O2/c1-2-16-10-15(3-4-19(16)24-7-1)13-31-23-22(29-30-31)26-12-20(28-23)27-17-5-8-25-21(11-17)33-18-6-9-32-14-18/h1-5,7-8,10-12,18,30H,6,9,13-14H2,(H,26,29)(H,25,27,28)/t18-/m1/s1. The van der Waals surface area contributed by atoms with Gasteiger partial charge >= 0.3 is 0 Å². The molecule has 0 unspecified atom stereocenters. The van der Waals surface area contributed by atoms with Crippen molar-refractivity contribution in [2.75, 3.05) is 29.0 Å². The van der Waals surface area contributed by atoms with Gasteiger partial charge < -0.3 is 14.8 Å². The van der Waals surface area contributed by atoms with Crippen LogP contribution in [0.3, 0.4) is 0 Å². The molecule has 5 heterocycles. The second kappa shape index (κ2) is 8.49. The fourth-order valence-electron chi connectivity index (χ4n) is 3.89. The number of ether oxygens (including phenoxy) is 2. The molecule has 1 atom stereocenters. The number of fused-ring (bicyclic) bond motifs is 2. The minimum absolute atomic E-state index is 0.0455. The molecular weight excluding hydrogens is 420 g/mol. The maximum absolute atomic E-state index is 5.90. The Hall–Kier alpha value is -4.02. The first-order chi connectivity index (χ1) is 16.3. The number of aromatic nitrogens is 4. The number of hydrogen-bond acceptors (Lipinski definition) is 10. The van der Waals surface area contributed by atoms with Gasteiger partial charge in [0.1, 0.15) is 6.10 Å². The lowest BCUT2D eigenvalue weighted by Gasteiger charge is -2.17. The van der Waals surface area contributed by atoms with E-state index in [1.807, 2.05) is 29.3 Å². The molecule has 4 aromatic rings. The molecule has 0 amide bonds. The predicted octanol–water partition coefficient (Wildman–Crippen LogP) is 3.18. The number of nitrogens with zero attached hydrogens (tertiary/aromatic N) is 5. The second-order valence-electron chi connectivity index (χ2n) is 7.89. The Morgan fingerprint density at radius 1 is 1.12 bits per heavy atom. The fraction of sp³-hybridized carbons (Fsp3) is 0.217. The average Bonchev–Trinajstić information content (AvgIpc) is 3.49. The van der Waals surface area contributed by atoms with Gasteiger partial charge in [-0.05, 0) is 29.8 Å². The van der Waals surface area contributed by atoms with Crippen LogP contribution in [0.15, 0.2) is 61.1 Å². The Kier molecular flexibility index (Phi) is 5.06. The first-order valence-corrected chi connectivity index (χ1v) is 10.8. The maximum atomic E-state index is 5.90. The van der Waals surface area contributed by atoms with Crippen molar-refractivity contribution < 1.29 is 9.47 Å². The van der Waals surface area contributed by atoms with Crippen LogP contribution in [0, 0.1) is 0 Å². The van der Waals surface area contributed by atoms with Crippen molar-refractivity contribution in [1.82, 2.24) is 25.5 Å². The quantitative estimate of drug-likeness (QED) is 0.412. The molecule has 0 saturated carbocycles. The average molecular weight is 442 g/mol. The lowest BCUT2D eigenvalue weighted by molar-refractivity contribution is 0.138. The molecular formula is C23H22N8O2. The van der Waals surface area contributed by atoms with Crippen LogP contribution in [0.1, 0.15) is 12.0 Å². The summed E-state index contributed by atoms with van der Waals surface area (Å²) in [5, 5.41) is 6.32. The monoisotopic (exact) mass is 442 g/mol. The number of rotatable bonds is 6. The summed E-state index contributed by atoms with van der Waals surface area (Å²) >= 11 is 0. The third kappa shape index (κ3) is 4.21. The van der Waals surface area contributed by atoms with Crippen LogP contribution in [-0.2, 0) is 11.3 Å². The molecule has 0 aliphatic carbocycles. The minimum Gasteiger partial charge on any atom is -0.472 e. The minimum atomic E-state index is 0.0455. The number of pyridine rings is 2. The lowest BCUT2D eigenvalue weighted by atomic mass is 10.1. The van der Waals surface area contributed by atoms with E-state index in [-0.39, 0.29) is 6.10 Å². The van der Waals surface area contributed by atoms with Crippen LogP contribution in [0.4, 0.5) is 23.1 Å². The van der Waals surface area contributed by atoms with Gasteiger partial charge in [0.25, 0.3) is 0 Å². The van der Waals surface area contributed by atoms with E-state index < -0.39 is 0 Å². The molecule has 0 radical (unpaired) electrons. The zero-order chi connectivity index (χ0) is 22.0. The van der Waals surface area contributed by atoms with Crippen molar-refractivity contribution >= 4 is 34.0 Å². The fourth-order valence-corrected chi connectivity index (χ4v) is 3.89. The van der Waals surface area contributed by atoms with Gasteiger partial charge in [0.2, 0.25) is 5.88 Å². The van der Waals surface area contributed by atoms with Crippen LogP contribution in [0.5, 0.6) is 5.88 Å². The summed E-state index contributed by atoms with van der Waals surface area (Å²) in [6.45, 7) is 1.93. The molecule has 10 nitrogen and oxygen atoms in total. The molecule has 6 rings (SSSR count). The molecule has 2 aliphatic heterocycles. The largest absolute Gasteiger partial charge is 0.472 e. The molecule has 2 aliphatic rings. The van der Waals surface area contributed by atoms with Crippen LogP contribution in [-0.4, -0.2) is 39.3 Å². The predicted molar refractivity (Wildman–Crippen MR) is 124 cm³/mol. The zero-order valence-corrected chi connectivity index (χ0v) is 17.7. The Labute approximate surface area is 189 Å². The number of hydrazine groups is 2. The maximum Gasteiger partial charge on any atom is 0.215 e. The van der Waals surface area contributed by atoms with Crippen molar-refractivity contribution in [2.24, 2.45) is 0 Å². The Balaban J connectivity index is 1.19. The zero-order valence-electron chi connectivity index (χ0n) is 17.7. The number of benzene rings is 1. The van der Waals surface area contributed by atoms with Crippen molar-refractivity contribution in [1.29, 1.82) is 0 Å². The lowest BCUT2D eigenvalue weighted by Crippen LogP contribution is -2.35. The smallest absolute Gasteiger partial charge is 0.215 e.